The van der Waals surface area contributed by atoms with Gasteiger partial charge in [0.15, 0.2) is 0 Å². The van der Waals surface area contributed by atoms with Crippen molar-refractivity contribution < 1.29 is 4.21 Å². The second-order valence-electron chi connectivity index (χ2n) is 9.05. The van der Waals surface area contributed by atoms with Gasteiger partial charge in [-0.25, -0.2) is 9.97 Å². The Balaban J connectivity index is 1.30. The highest BCUT2D eigenvalue weighted by molar-refractivity contribution is 7.84. The molecule has 0 spiro atoms. The van der Waals surface area contributed by atoms with Crippen molar-refractivity contribution in [1.29, 1.82) is 5.41 Å². The Bertz CT molecular complexity index is 1440. The molecule has 4 aromatic rings. The summed E-state index contributed by atoms with van der Waals surface area (Å²) in [5.74, 6) is 1.18. The second kappa shape index (κ2) is 10.4. The van der Waals surface area contributed by atoms with Crippen LogP contribution in [0.5, 0.6) is 0 Å². The van der Waals surface area contributed by atoms with E-state index in [1.54, 1.807) is 12.5 Å². The minimum absolute atomic E-state index is 0.243. The van der Waals surface area contributed by atoms with E-state index >= 15 is 0 Å². The van der Waals surface area contributed by atoms with Gasteiger partial charge in [0.05, 0.1) is 29.3 Å². The van der Waals surface area contributed by atoms with Crippen LogP contribution in [-0.2, 0) is 10.8 Å². The smallest absolute Gasteiger partial charge is 0.130 e. The van der Waals surface area contributed by atoms with E-state index in [1.165, 1.54) is 11.1 Å². The summed E-state index contributed by atoms with van der Waals surface area (Å²) in [6, 6.07) is 22.3. The molecule has 1 unspecified atom stereocenters. The molecule has 1 aliphatic heterocycles. The summed E-state index contributed by atoms with van der Waals surface area (Å²) in [5, 5.41) is 8.67. The minimum atomic E-state index is -1.00. The zero-order valence-corrected chi connectivity index (χ0v) is 21.3. The molecule has 36 heavy (non-hydrogen) atoms. The fourth-order valence-electron chi connectivity index (χ4n) is 4.65. The first-order valence-electron chi connectivity index (χ1n) is 12.0. The topological polar surface area (TPSA) is 85.7 Å². The Morgan fingerprint density at radius 3 is 2.67 bits per heavy atom. The number of amidine groups is 1. The molecule has 3 heterocycles. The molecule has 0 amide bonds. The van der Waals surface area contributed by atoms with Gasteiger partial charge in [0.25, 0.3) is 0 Å². The number of hydrogen-bond donors (Lipinski definition) is 2. The molecular weight excluding hydrogens is 466 g/mol. The number of likely N-dealkylation sites (tertiary alicyclic amines) is 1. The molecule has 0 radical (unpaired) electrons. The molecule has 1 fully saturated rings. The van der Waals surface area contributed by atoms with Gasteiger partial charge in [-0.1, -0.05) is 48.0 Å². The van der Waals surface area contributed by atoms with Gasteiger partial charge in [0.1, 0.15) is 11.7 Å². The molecule has 7 heteroatoms. The molecule has 0 bridgehead atoms. The average molecular weight is 496 g/mol. The van der Waals surface area contributed by atoms with Crippen molar-refractivity contribution >= 4 is 22.7 Å². The number of nitrogens with zero attached hydrogens (tertiary/aromatic N) is 3. The van der Waals surface area contributed by atoms with Gasteiger partial charge in [-0.3, -0.25) is 9.62 Å². The summed E-state index contributed by atoms with van der Waals surface area (Å²) in [7, 11) is -1.00. The van der Waals surface area contributed by atoms with Gasteiger partial charge >= 0.3 is 0 Å². The number of aryl methyl sites for hydroxylation is 1. The Morgan fingerprint density at radius 1 is 1.11 bits per heavy atom. The lowest BCUT2D eigenvalue weighted by molar-refractivity contribution is 0.400. The van der Waals surface area contributed by atoms with Crippen LogP contribution in [0.15, 0.2) is 83.9 Å². The third-order valence-corrected chi connectivity index (χ3v) is 7.43. The third-order valence-electron chi connectivity index (χ3n) is 6.49. The lowest BCUT2D eigenvalue weighted by Gasteiger charge is -2.26. The number of benzene rings is 2. The maximum absolute atomic E-state index is 11.7. The number of imidazole rings is 1. The Hall–Kier alpha value is -3.84. The van der Waals surface area contributed by atoms with Crippen molar-refractivity contribution in [2.24, 2.45) is 0 Å². The predicted molar refractivity (Wildman–Crippen MR) is 146 cm³/mol. The molecule has 1 aliphatic rings. The van der Waals surface area contributed by atoms with Crippen molar-refractivity contribution in [3.05, 3.63) is 96.0 Å². The first-order chi connectivity index (χ1) is 17.5. The molecule has 1 saturated heterocycles. The first kappa shape index (κ1) is 23.9. The molecule has 2 aromatic carbocycles. The summed E-state index contributed by atoms with van der Waals surface area (Å²) in [4.78, 5) is 15.5. The second-order valence-corrected chi connectivity index (χ2v) is 10.4. The molecule has 6 nitrogen and oxygen atoms in total. The van der Waals surface area contributed by atoms with Gasteiger partial charge in [0, 0.05) is 34.1 Å². The van der Waals surface area contributed by atoms with Crippen molar-refractivity contribution in [2.45, 2.75) is 30.7 Å². The summed E-state index contributed by atoms with van der Waals surface area (Å²) in [6.45, 7) is 3.00. The number of H-pyrrole nitrogens is 1. The molecule has 2 atom stereocenters. The number of aromatic amines is 1. The monoisotopic (exact) mass is 495 g/mol. The summed E-state index contributed by atoms with van der Waals surface area (Å²) in [5.41, 5.74) is 5.93. The van der Waals surface area contributed by atoms with Crippen molar-refractivity contribution in [1.82, 2.24) is 19.9 Å². The van der Waals surface area contributed by atoms with E-state index < -0.39 is 10.8 Å². The molecule has 0 aliphatic carbocycles. The SMILES string of the molecule is Cc1cccc([C@H]2CCCN2C(=N)/C=C\c2ncc(-c3cccc(-c4ccc(S(C)=O)cc4)n3)[nH]2)c1. The van der Waals surface area contributed by atoms with Crippen LogP contribution in [0.25, 0.3) is 28.7 Å². The van der Waals surface area contributed by atoms with E-state index in [-0.39, 0.29) is 6.04 Å². The lowest BCUT2D eigenvalue weighted by Crippen LogP contribution is -2.28. The number of pyridine rings is 1. The highest BCUT2D eigenvalue weighted by Gasteiger charge is 2.27. The van der Waals surface area contributed by atoms with E-state index in [1.807, 2.05) is 54.6 Å². The van der Waals surface area contributed by atoms with E-state index in [4.69, 9.17) is 10.4 Å². The fourth-order valence-corrected chi connectivity index (χ4v) is 5.17. The van der Waals surface area contributed by atoms with E-state index in [0.29, 0.717) is 11.7 Å². The number of aromatic nitrogens is 3. The molecule has 5 rings (SSSR count). The fraction of sp³-hybridized carbons (Fsp3) is 0.207. The van der Waals surface area contributed by atoms with Gasteiger partial charge in [0.2, 0.25) is 0 Å². The maximum atomic E-state index is 11.7. The van der Waals surface area contributed by atoms with E-state index in [0.717, 1.165) is 46.9 Å². The van der Waals surface area contributed by atoms with E-state index in [9.17, 15) is 4.21 Å². The molecule has 0 saturated carbocycles. The summed E-state index contributed by atoms with van der Waals surface area (Å²) < 4.78 is 11.7. The van der Waals surface area contributed by atoms with E-state index in [2.05, 4.69) is 46.1 Å². The molecule has 2 aromatic heterocycles. The van der Waals surface area contributed by atoms with Crippen LogP contribution >= 0.6 is 0 Å². The molecule has 182 valence electrons. The standard InChI is InChI=1S/C29H29N5OS/c1-20-6-3-7-22(18-20)27-10-5-17-34(27)28(30)15-16-29-31-19-26(33-29)25-9-4-8-24(32-25)21-11-13-23(14-12-21)36(2)35/h3-4,6-9,11-16,18-19,27,30H,5,10,17H2,1-2H3,(H,31,33)/b16-15-,30-28?/t27-,36?/m1/s1. The first-order valence-corrected chi connectivity index (χ1v) is 13.6. The molecular formula is C29H29N5OS. The van der Waals surface area contributed by atoms with Gasteiger partial charge in [-0.15, -0.1) is 0 Å². The van der Waals surface area contributed by atoms with Crippen LogP contribution in [0.4, 0.5) is 0 Å². The quantitative estimate of drug-likeness (QED) is 0.253. The van der Waals surface area contributed by atoms with Crippen LogP contribution in [0.2, 0.25) is 0 Å². The zero-order valence-electron chi connectivity index (χ0n) is 20.4. The van der Waals surface area contributed by atoms with Crippen LogP contribution < -0.4 is 0 Å². The number of rotatable bonds is 6. The number of hydrogen-bond acceptors (Lipinski definition) is 4. The van der Waals surface area contributed by atoms with Gasteiger partial charge in [-0.2, -0.15) is 0 Å². The van der Waals surface area contributed by atoms with Gasteiger partial charge < -0.3 is 9.88 Å². The van der Waals surface area contributed by atoms with Crippen LogP contribution in [0.3, 0.4) is 0 Å². The van der Waals surface area contributed by atoms with Crippen LogP contribution in [0, 0.1) is 12.3 Å². The maximum Gasteiger partial charge on any atom is 0.130 e. The average Bonchev–Trinajstić information content (AvgIpc) is 3.58. The largest absolute Gasteiger partial charge is 0.350 e. The van der Waals surface area contributed by atoms with Crippen molar-refractivity contribution in [2.75, 3.05) is 12.8 Å². The lowest BCUT2D eigenvalue weighted by atomic mass is 10.0. The van der Waals surface area contributed by atoms with Crippen LogP contribution in [-0.4, -0.2) is 42.7 Å². The highest BCUT2D eigenvalue weighted by atomic mass is 32.2. The summed E-state index contributed by atoms with van der Waals surface area (Å²) >= 11 is 0. The Morgan fingerprint density at radius 2 is 1.89 bits per heavy atom. The minimum Gasteiger partial charge on any atom is -0.350 e. The van der Waals surface area contributed by atoms with Crippen LogP contribution in [0.1, 0.15) is 35.8 Å². The van der Waals surface area contributed by atoms with Crippen molar-refractivity contribution in [3.63, 3.8) is 0 Å². The number of nitrogens with one attached hydrogen (secondary N) is 2. The Kier molecular flexibility index (Phi) is 6.91. The Labute approximate surface area is 214 Å². The highest BCUT2D eigenvalue weighted by Crippen LogP contribution is 2.32. The summed E-state index contributed by atoms with van der Waals surface area (Å²) in [6.07, 6.45) is 9.26. The zero-order chi connectivity index (χ0) is 25.1. The normalized spacial score (nSPS) is 16.5. The van der Waals surface area contributed by atoms with Gasteiger partial charge in [-0.05, 0) is 61.7 Å². The molecule has 2 N–H and O–H groups in total. The van der Waals surface area contributed by atoms with Crippen molar-refractivity contribution in [3.8, 4) is 22.6 Å². The predicted octanol–water partition coefficient (Wildman–Crippen LogP) is 6.01. The third kappa shape index (κ3) is 5.21.